The average Bonchev–Trinajstić information content (AvgIpc) is 2.46. The van der Waals surface area contributed by atoms with E-state index in [-0.39, 0.29) is 5.82 Å². The topological polar surface area (TPSA) is 47.3 Å². The first-order valence-corrected chi connectivity index (χ1v) is 6.24. The Hall–Kier alpha value is -2.38. The van der Waals surface area contributed by atoms with E-state index in [2.05, 4.69) is 6.07 Å². The quantitative estimate of drug-likeness (QED) is 0.928. The fourth-order valence-electron chi connectivity index (χ4n) is 2.06. The lowest BCUT2D eigenvalue weighted by Gasteiger charge is -2.24. The van der Waals surface area contributed by atoms with Crippen molar-refractivity contribution in [1.82, 2.24) is 0 Å². The molecule has 2 aromatic carbocycles. The Kier molecular flexibility index (Phi) is 4.02. The first-order valence-electron chi connectivity index (χ1n) is 6.24. The van der Waals surface area contributed by atoms with Crippen LogP contribution in [-0.2, 0) is 0 Å². The Bertz CT molecular complexity index is 645. The molecular weight excluding hydrogens is 255 g/mol. The highest BCUT2D eigenvalue weighted by molar-refractivity contribution is 5.66. The molecule has 3 nitrogen and oxygen atoms in total. The largest absolute Gasteiger partial charge is 0.389 e. The first kappa shape index (κ1) is 14.0. The third-order valence-corrected chi connectivity index (χ3v) is 3.18. The highest BCUT2D eigenvalue weighted by Crippen LogP contribution is 2.31. The van der Waals surface area contributed by atoms with Crippen molar-refractivity contribution in [3.05, 3.63) is 59.4 Å². The summed E-state index contributed by atoms with van der Waals surface area (Å²) in [4.78, 5) is 1.85. The van der Waals surface area contributed by atoms with Gasteiger partial charge in [0.1, 0.15) is 5.82 Å². The molecule has 1 unspecified atom stereocenters. The van der Waals surface area contributed by atoms with E-state index in [0.717, 1.165) is 11.4 Å². The summed E-state index contributed by atoms with van der Waals surface area (Å²) < 4.78 is 13.3. The van der Waals surface area contributed by atoms with Crippen LogP contribution in [0, 0.1) is 17.1 Å². The summed E-state index contributed by atoms with van der Waals surface area (Å²) in [6, 6.07) is 13.5. The van der Waals surface area contributed by atoms with Crippen LogP contribution in [0.15, 0.2) is 42.5 Å². The second kappa shape index (κ2) is 5.72. The van der Waals surface area contributed by atoms with Gasteiger partial charge >= 0.3 is 0 Å². The lowest BCUT2D eigenvalue weighted by molar-refractivity contribution is 0.199. The normalized spacial score (nSPS) is 11.8. The number of nitriles is 1. The van der Waals surface area contributed by atoms with Crippen LogP contribution in [-0.4, -0.2) is 12.2 Å². The molecule has 102 valence electrons. The molecule has 0 spiro atoms. The highest BCUT2D eigenvalue weighted by Gasteiger charge is 2.14. The van der Waals surface area contributed by atoms with E-state index in [0.29, 0.717) is 11.1 Å². The van der Waals surface area contributed by atoms with E-state index in [1.54, 1.807) is 25.1 Å². The van der Waals surface area contributed by atoms with Crippen molar-refractivity contribution in [1.29, 1.82) is 5.26 Å². The molecule has 0 saturated carbocycles. The van der Waals surface area contributed by atoms with Crippen molar-refractivity contribution < 1.29 is 9.50 Å². The van der Waals surface area contributed by atoms with Gasteiger partial charge in [0.05, 0.1) is 17.7 Å². The molecule has 1 atom stereocenters. The molecule has 0 aliphatic heterocycles. The predicted molar refractivity (Wildman–Crippen MR) is 76.3 cm³/mol. The maximum Gasteiger partial charge on any atom is 0.123 e. The predicted octanol–water partition coefficient (Wildman–Crippen LogP) is 3.52. The molecule has 0 saturated heterocycles. The van der Waals surface area contributed by atoms with Gasteiger partial charge in [-0.05, 0) is 49.4 Å². The van der Waals surface area contributed by atoms with Gasteiger partial charge in [0.25, 0.3) is 0 Å². The Balaban J connectivity index is 2.42. The summed E-state index contributed by atoms with van der Waals surface area (Å²) in [6.07, 6.45) is -0.762. The zero-order valence-corrected chi connectivity index (χ0v) is 11.3. The van der Waals surface area contributed by atoms with E-state index in [9.17, 15) is 9.50 Å². The Labute approximate surface area is 117 Å². The molecule has 2 rings (SSSR count). The number of rotatable bonds is 3. The summed E-state index contributed by atoms with van der Waals surface area (Å²) in [5.41, 5.74) is 2.69. The number of hydrogen-bond donors (Lipinski definition) is 1. The minimum atomic E-state index is -0.762. The van der Waals surface area contributed by atoms with Gasteiger partial charge in [0.15, 0.2) is 0 Å². The molecule has 0 aromatic heterocycles. The second-order valence-corrected chi connectivity index (χ2v) is 4.60. The smallest absolute Gasteiger partial charge is 0.123 e. The average molecular weight is 270 g/mol. The van der Waals surface area contributed by atoms with Crippen LogP contribution in [0.5, 0.6) is 0 Å². The molecule has 0 amide bonds. The van der Waals surface area contributed by atoms with Crippen molar-refractivity contribution in [2.45, 2.75) is 13.0 Å². The first-order chi connectivity index (χ1) is 9.52. The number of aliphatic hydroxyl groups excluding tert-OH is 1. The van der Waals surface area contributed by atoms with Gasteiger partial charge in [-0.25, -0.2) is 4.39 Å². The molecule has 0 aliphatic rings. The van der Waals surface area contributed by atoms with Crippen molar-refractivity contribution >= 4 is 11.4 Å². The monoisotopic (exact) mass is 270 g/mol. The van der Waals surface area contributed by atoms with Crippen LogP contribution in [0.1, 0.15) is 24.2 Å². The number of hydrogen-bond acceptors (Lipinski definition) is 3. The van der Waals surface area contributed by atoms with Crippen molar-refractivity contribution in [3.63, 3.8) is 0 Å². The van der Waals surface area contributed by atoms with E-state index in [1.807, 2.05) is 24.1 Å². The fourth-order valence-corrected chi connectivity index (χ4v) is 2.06. The number of halogens is 1. The molecule has 4 heteroatoms. The molecule has 20 heavy (non-hydrogen) atoms. The van der Waals surface area contributed by atoms with E-state index < -0.39 is 6.10 Å². The highest BCUT2D eigenvalue weighted by atomic mass is 19.1. The number of benzene rings is 2. The molecule has 0 radical (unpaired) electrons. The van der Waals surface area contributed by atoms with Crippen LogP contribution >= 0.6 is 0 Å². The maximum absolute atomic E-state index is 13.3. The third kappa shape index (κ3) is 2.79. The lowest BCUT2D eigenvalue weighted by atomic mass is 10.1. The van der Waals surface area contributed by atoms with Gasteiger partial charge in [-0.2, -0.15) is 5.26 Å². The number of aliphatic hydroxyl groups is 1. The zero-order chi connectivity index (χ0) is 14.7. The van der Waals surface area contributed by atoms with Crippen molar-refractivity contribution in [3.8, 4) is 6.07 Å². The van der Waals surface area contributed by atoms with Crippen LogP contribution in [0.4, 0.5) is 15.8 Å². The number of nitrogens with zero attached hydrogens (tertiary/aromatic N) is 2. The van der Waals surface area contributed by atoms with Gasteiger partial charge in [0.2, 0.25) is 0 Å². The Morgan fingerprint density at radius 2 is 1.85 bits per heavy atom. The third-order valence-electron chi connectivity index (χ3n) is 3.18. The minimum Gasteiger partial charge on any atom is -0.389 e. The maximum atomic E-state index is 13.3. The SMILES string of the molecule is CC(O)c1cc(F)ccc1N(C)c1ccc(C#N)cc1. The van der Waals surface area contributed by atoms with Gasteiger partial charge < -0.3 is 10.0 Å². The summed E-state index contributed by atoms with van der Waals surface area (Å²) in [5, 5.41) is 18.6. The van der Waals surface area contributed by atoms with Gasteiger partial charge in [-0.1, -0.05) is 0 Å². The van der Waals surface area contributed by atoms with E-state index >= 15 is 0 Å². The molecule has 0 aliphatic carbocycles. The fraction of sp³-hybridized carbons (Fsp3) is 0.188. The van der Waals surface area contributed by atoms with Crippen molar-refractivity contribution in [2.75, 3.05) is 11.9 Å². The summed E-state index contributed by atoms with van der Waals surface area (Å²) in [7, 11) is 1.83. The molecule has 1 N–H and O–H groups in total. The summed E-state index contributed by atoms with van der Waals surface area (Å²) in [6.45, 7) is 1.60. The van der Waals surface area contributed by atoms with Crippen LogP contribution in [0.3, 0.4) is 0 Å². The second-order valence-electron chi connectivity index (χ2n) is 4.60. The Morgan fingerprint density at radius 1 is 1.20 bits per heavy atom. The summed E-state index contributed by atoms with van der Waals surface area (Å²) >= 11 is 0. The lowest BCUT2D eigenvalue weighted by Crippen LogP contribution is -2.13. The summed E-state index contributed by atoms with van der Waals surface area (Å²) in [5.74, 6) is -0.377. The van der Waals surface area contributed by atoms with Crippen LogP contribution in [0.25, 0.3) is 0 Å². The standard InChI is InChI=1S/C16H15FN2O/c1-11(20)15-9-13(17)5-8-16(15)19(2)14-6-3-12(10-18)4-7-14/h3-9,11,20H,1-2H3. The molecule has 0 heterocycles. The van der Waals surface area contributed by atoms with Gasteiger partial charge in [-0.3, -0.25) is 0 Å². The molecule has 0 bridgehead atoms. The van der Waals surface area contributed by atoms with Crippen molar-refractivity contribution in [2.24, 2.45) is 0 Å². The molecule has 0 fully saturated rings. The number of anilines is 2. The van der Waals surface area contributed by atoms with Crippen LogP contribution < -0.4 is 4.90 Å². The minimum absolute atomic E-state index is 0.377. The molecule has 2 aromatic rings. The van der Waals surface area contributed by atoms with E-state index in [1.165, 1.54) is 12.1 Å². The van der Waals surface area contributed by atoms with Gasteiger partial charge in [-0.15, -0.1) is 0 Å². The van der Waals surface area contributed by atoms with Crippen LogP contribution in [0.2, 0.25) is 0 Å². The van der Waals surface area contributed by atoms with E-state index in [4.69, 9.17) is 5.26 Å². The van der Waals surface area contributed by atoms with Gasteiger partial charge in [0, 0.05) is 24.0 Å². The Morgan fingerprint density at radius 3 is 2.40 bits per heavy atom. The molecular formula is C16H15FN2O. The zero-order valence-electron chi connectivity index (χ0n) is 11.3.